The van der Waals surface area contributed by atoms with Gasteiger partial charge in [0.1, 0.15) is 11.4 Å². The van der Waals surface area contributed by atoms with Gasteiger partial charge in [-0.25, -0.2) is 0 Å². The molecule has 1 aromatic carbocycles. The second-order valence-electron chi connectivity index (χ2n) is 5.96. The summed E-state index contributed by atoms with van der Waals surface area (Å²) in [5, 5.41) is 7.79. The van der Waals surface area contributed by atoms with Gasteiger partial charge in [-0.05, 0) is 30.2 Å². The van der Waals surface area contributed by atoms with E-state index in [1.807, 2.05) is 46.1 Å². The molecule has 128 valence electrons. The van der Waals surface area contributed by atoms with Gasteiger partial charge in [0.05, 0.1) is 13.2 Å². The average Bonchev–Trinajstić information content (AvgIpc) is 3.10. The van der Waals surface area contributed by atoms with Crippen LogP contribution in [-0.2, 0) is 6.54 Å². The second-order valence-corrected chi connectivity index (χ2v) is 5.96. The van der Waals surface area contributed by atoms with E-state index in [4.69, 9.17) is 4.74 Å². The fraction of sp³-hybridized carbons (Fsp3) is 0.444. The Kier molecular flexibility index (Phi) is 5.15. The number of nitrogens with one attached hydrogen (secondary N) is 1. The predicted octanol–water partition coefficient (Wildman–Crippen LogP) is 2.09. The molecule has 0 radical (unpaired) electrons. The van der Waals surface area contributed by atoms with Crippen LogP contribution in [0.4, 0.5) is 0 Å². The lowest BCUT2D eigenvalue weighted by Crippen LogP contribution is -2.48. The quantitative estimate of drug-likeness (QED) is 0.913. The standard InChI is InChI=1S/C18H24N4O2/c1-3-10-21-11-8-16(20-21)18(23)22-12-9-19-13-17(22)14-4-6-15(24-2)7-5-14/h4-8,11,17,19H,3,9-10,12-13H2,1-2H3. The van der Waals surface area contributed by atoms with Crippen LogP contribution in [0.15, 0.2) is 36.5 Å². The number of piperazine rings is 1. The number of carbonyl (C=O) groups is 1. The molecule has 1 saturated heterocycles. The highest BCUT2D eigenvalue weighted by atomic mass is 16.5. The molecule has 1 fully saturated rings. The van der Waals surface area contributed by atoms with E-state index in [0.29, 0.717) is 12.2 Å². The van der Waals surface area contributed by atoms with Crippen molar-refractivity contribution in [2.24, 2.45) is 0 Å². The Balaban J connectivity index is 1.81. The fourth-order valence-corrected chi connectivity index (χ4v) is 3.05. The highest BCUT2D eigenvalue weighted by molar-refractivity contribution is 5.92. The van der Waals surface area contributed by atoms with Crippen molar-refractivity contribution in [1.82, 2.24) is 20.0 Å². The Labute approximate surface area is 142 Å². The zero-order valence-electron chi connectivity index (χ0n) is 14.2. The molecule has 6 heteroatoms. The molecule has 2 heterocycles. The molecular formula is C18H24N4O2. The summed E-state index contributed by atoms with van der Waals surface area (Å²) in [7, 11) is 1.65. The van der Waals surface area contributed by atoms with E-state index in [9.17, 15) is 4.79 Å². The Morgan fingerprint density at radius 3 is 2.83 bits per heavy atom. The van der Waals surface area contributed by atoms with Gasteiger partial charge in [0, 0.05) is 32.4 Å². The summed E-state index contributed by atoms with van der Waals surface area (Å²) >= 11 is 0. The number of ether oxygens (including phenoxy) is 1. The summed E-state index contributed by atoms with van der Waals surface area (Å²) in [6, 6.07) is 9.73. The molecule has 1 unspecified atom stereocenters. The number of aryl methyl sites for hydroxylation is 1. The maximum absolute atomic E-state index is 12.9. The molecule has 0 spiro atoms. The number of hydrogen-bond donors (Lipinski definition) is 1. The topological polar surface area (TPSA) is 59.4 Å². The molecule has 1 aromatic heterocycles. The van der Waals surface area contributed by atoms with Crippen molar-refractivity contribution in [3.63, 3.8) is 0 Å². The minimum atomic E-state index is -0.00725. The van der Waals surface area contributed by atoms with Gasteiger partial charge in [-0.15, -0.1) is 0 Å². The summed E-state index contributed by atoms with van der Waals surface area (Å²) in [6.07, 6.45) is 2.87. The lowest BCUT2D eigenvalue weighted by atomic mass is 10.0. The molecule has 1 aliphatic rings. The molecule has 3 rings (SSSR count). The van der Waals surface area contributed by atoms with Gasteiger partial charge in [0.15, 0.2) is 0 Å². The lowest BCUT2D eigenvalue weighted by molar-refractivity contribution is 0.0627. The van der Waals surface area contributed by atoms with Crippen LogP contribution >= 0.6 is 0 Å². The number of methoxy groups -OCH3 is 1. The third kappa shape index (κ3) is 3.43. The molecule has 1 aliphatic heterocycles. The number of aromatic nitrogens is 2. The summed E-state index contributed by atoms with van der Waals surface area (Å²) in [6.45, 7) is 5.15. The molecule has 0 bridgehead atoms. The van der Waals surface area contributed by atoms with Crippen molar-refractivity contribution in [1.29, 1.82) is 0 Å². The van der Waals surface area contributed by atoms with Gasteiger partial charge < -0.3 is 15.0 Å². The maximum Gasteiger partial charge on any atom is 0.274 e. The molecule has 1 atom stereocenters. The monoisotopic (exact) mass is 328 g/mol. The van der Waals surface area contributed by atoms with Gasteiger partial charge in [0.2, 0.25) is 0 Å². The Bertz CT molecular complexity index is 681. The van der Waals surface area contributed by atoms with Gasteiger partial charge >= 0.3 is 0 Å². The highest BCUT2D eigenvalue weighted by Gasteiger charge is 2.29. The Morgan fingerprint density at radius 1 is 1.33 bits per heavy atom. The molecular weight excluding hydrogens is 304 g/mol. The first kappa shape index (κ1) is 16.5. The van der Waals surface area contributed by atoms with E-state index in [0.717, 1.165) is 37.4 Å². The van der Waals surface area contributed by atoms with Crippen molar-refractivity contribution in [3.05, 3.63) is 47.8 Å². The van der Waals surface area contributed by atoms with Crippen molar-refractivity contribution in [2.45, 2.75) is 25.9 Å². The first-order valence-corrected chi connectivity index (χ1v) is 8.42. The molecule has 0 aliphatic carbocycles. The number of amides is 1. The van der Waals surface area contributed by atoms with E-state index in [1.165, 1.54) is 0 Å². The van der Waals surface area contributed by atoms with Crippen LogP contribution in [-0.4, -0.2) is 47.3 Å². The summed E-state index contributed by atoms with van der Waals surface area (Å²) < 4.78 is 7.05. The van der Waals surface area contributed by atoms with Crippen molar-refractivity contribution in [3.8, 4) is 5.75 Å². The van der Waals surface area contributed by atoms with E-state index < -0.39 is 0 Å². The van der Waals surface area contributed by atoms with Gasteiger partial charge in [-0.2, -0.15) is 5.10 Å². The van der Waals surface area contributed by atoms with Crippen LogP contribution in [0.1, 0.15) is 35.4 Å². The van der Waals surface area contributed by atoms with E-state index >= 15 is 0 Å². The first-order chi connectivity index (χ1) is 11.7. The Hall–Kier alpha value is -2.34. The average molecular weight is 328 g/mol. The Morgan fingerprint density at radius 2 is 2.12 bits per heavy atom. The van der Waals surface area contributed by atoms with Crippen LogP contribution in [0.3, 0.4) is 0 Å². The molecule has 0 saturated carbocycles. The number of benzene rings is 1. The molecule has 1 N–H and O–H groups in total. The van der Waals surface area contributed by atoms with E-state index in [-0.39, 0.29) is 11.9 Å². The van der Waals surface area contributed by atoms with Gasteiger partial charge in [-0.1, -0.05) is 19.1 Å². The fourth-order valence-electron chi connectivity index (χ4n) is 3.05. The lowest BCUT2D eigenvalue weighted by Gasteiger charge is -2.36. The van der Waals surface area contributed by atoms with E-state index in [2.05, 4.69) is 17.3 Å². The number of hydrogen-bond acceptors (Lipinski definition) is 4. The second kappa shape index (κ2) is 7.49. The van der Waals surface area contributed by atoms with Crippen LogP contribution < -0.4 is 10.1 Å². The summed E-state index contributed by atoms with van der Waals surface area (Å²) in [5.74, 6) is 0.811. The first-order valence-electron chi connectivity index (χ1n) is 8.42. The summed E-state index contributed by atoms with van der Waals surface area (Å²) in [4.78, 5) is 14.8. The molecule has 1 amide bonds. The minimum Gasteiger partial charge on any atom is -0.497 e. The predicted molar refractivity (Wildman–Crippen MR) is 92.2 cm³/mol. The van der Waals surface area contributed by atoms with Crippen LogP contribution in [0.25, 0.3) is 0 Å². The van der Waals surface area contributed by atoms with Crippen LogP contribution in [0.2, 0.25) is 0 Å². The zero-order chi connectivity index (χ0) is 16.9. The van der Waals surface area contributed by atoms with Crippen molar-refractivity contribution >= 4 is 5.91 Å². The number of nitrogens with zero attached hydrogens (tertiary/aromatic N) is 3. The van der Waals surface area contributed by atoms with Gasteiger partial charge in [-0.3, -0.25) is 9.48 Å². The SMILES string of the molecule is CCCn1ccc(C(=O)N2CCNCC2c2ccc(OC)cc2)n1. The molecule has 2 aromatic rings. The zero-order valence-corrected chi connectivity index (χ0v) is 14.2. The van der Waals surface area contributed by atoms with Crippen LogP contribution in [0, 0.1) is 0 Å². The van der Waals surface area contributed by atoms with Crippen LogP contribution in [0.5, 0.6) is 5.75 Å². The normalized spacial score (nSPS) is 17.8. The van der Waals surface area contributed by atoms with Crippen molar-refractivity contribution < 1.29 is 9.53 Å². The largest absolute Gasteiger partial charge is 0.497 e. The highest BCUT2D eigenvalue weighted by Crippen LogP contribution is 2.25. The molecule has 24 heavy (non-hydrogen) atoms. The third-order valence-electron chi connectivity index (χ3n) is 4.32. The summed E-state index contributed by atoms with van der Waals surface area (Å²) in [5.41, 5.74) is 1.62. The number of rotatable bonds is 5. The maximum atomic E-state index is 12.9. The minimum absolute atomic E-state index is 0.00725. The smallest absolute Gasteiger partial charge is 0.274 e. The molecule has 6 nitrogen and oxygen atoms in total. The van der Waals surface area contributed by atoms with Crippen molar-refractivity contribution in [2.75, 3.05) is 26.7 Å². The third-order valence-corrected chi connectivity index (χ3v) is 4.32. The number of carbonyl (C=O) groups excluding carboxylic acids is 1. The van der Waals surface area contributed by atoms with E-state index in [1.54, 1.807) is 7.11 Å². The van der Waals surface area contributed by atoms with Gasteiger partial charge in [0.25, 0.3) is 5.91 Å².